The first-order valence-corrected chi connectivity index (χ1v) is 8.30. The third-order valence-electron chi connectivity index (χ3n) is 4.43. The van der Waals surface area contributed by atoms with E-state index in [1.165, 1.54) is 5.56 Å². The summed E-state index contributed by atoms with van der Waals surface area (Å²) in [7, 11) is 0. The summed E-state index contributed by atoms with van der Waals surface area (Å²) in [4.78, 5) is 0. The lowest BCUT2D eigenvalue weighted by atomic mass is 9.87. The van der Waals surface area contributed by atoms with Gasteiger partial charge in [-0.15, -0.1) is 0 Å². The monoisotopic (exact) mass is 315 g/mol. The van der Waals surface area contributed by atoms with Gasteiger partial charge in [-0.1, -0.05) is 57.2 Å². The van der Waals surface area contributed by atoms with Crippen LogP contribution in [0.2, 0.25) is 0 Å². The third kappa shape index (κ3) is 2.54. The highest BCUT2D eigenvalue weighted by molar-refractivity contribution is 6.11. The molecule has 1 aromatic heterocycles. The normalized spacial score (nSPS) is 12.0. The minimum absolute atomic E-state index is 0.166. The molecule has 24 heavy (non-hydrogen) atoms. The smallest absolute Gasteiger partial charge is 0.137 e. The zero-order valence-electron chi connectivity index (χ0n) is 14.3. The molecule has 0 atom stereocenters. The van der Waals surface area contributed by atoms with Gasteiger partial charge < -0.3 is 9.73 Å². The molecule has 0 saturated carbocycles. The summed E-state index contributed by atoms with van der Waals surface area (Å²) in [6.45, 7) is 6.69. The molecule has 4 aromatic rings. The maximum absolute atomic E-state index is 5.95. The van der Waals surface area contributed by atoms with Crippen LogP contribution in [0, 0.1) is 0 Å². The summed E-state index contributed by atoms with van der Waals surface area (Å²) in [6.07, 6.45) is 0. The van der Waals surface area contributed by atoms with E-state index < -0.39 is 0 Å². The quantitative estimate of drug-likeness (QED) is 0.449. The number of hydrogen-bond donors (Lipinski definition) is 1. The molecule has 0 amide bonds. The van der Waals surface area contributed by atoms with E-state index in [-0.39, 0.29) is 5.41 Å². The van der Waals surface area contributed by atoms with Crippen LogP contribution in [0.4, 0.5) is 11.4 Å². The fraction of sp³-hybridized carbons (Fsp3) is 0.182. The number of rotatable bonds is 2. The van der Waals surface area contributed by atoms with Crippen molar-refractivity contribution in [3.63, 3.8) is 0 Å². The largest absolute Gasteiger partial charge is 0.456 e. The molecule has 3 aromatic carbocycles. The van der Waals surface area contributed by atoms with Gasteiger partial charge in [-0.25, -0.2) is 0 Å². The molecule has 1 N–H and O–H groups in total. The second-order valence-electron chi connectivity index (χ2n) is 7.23. The van der Waals surface area contributed by atoms with Gasteiger partial charge in [0.1, 0.15) is 11.2 Å². The molecule has 0 fully saturated rings. The summed E-state index contributed by atoms with van der Waals surface area (Å²) < 4.78 is 5.95. The van der Waals surface area contributed by atoms with E-state index in [1.807, 2.05) is 30.3 Å². The molecular weight excluding hydrogens is 294 g/mol. The van der Waals surface area contributed by atoms with Crippen molar-refractivity contribution < 1.29 is 4.42 Å². The van der Waals surface area contributed by atoms with Crippen molar-refractivity contribution in [2.24, 2.45) is 0 Å². The molecule has 120 valence electrons. The number of para-hydroxylation sites is 1. The first-order chi connectivity index (χ1) is 11.5. The van der Waals surface area contributed by atoms with E-state index in [9.17, 15) is 0 Å². The van der Waals surface area contributed by atoms with Crippen LogP contribution in [0.3, 0.4) is 0 Å². The summed E-state index contributed by atoms with van der Waals surface area (Å²) in [5.41, 5.74) is 5.48. The number of nitrogens with one attached hydrogen (secondary N) is 1. The lowest BCUT2D eigenvalue weighted by molar-refractivity contribution is 0.590. The Hall–Kier alpha value is -2.74. The molecule has 2 nitrogen and oxygen atoms in total. The Morgan fingerprint density at radius 2 is 1.46 bits per heavy atom. The molecular formula is C22H21NO. The maximum atomic E-state index is 5.95. The Bertz CT molecular complexity index is 1000. The minimum Gasteiger partial charge on any atom is -0.456 e. The van der Waals surface area contributed by atoms with Gasteiger partial charge in [0.15, 0.2) is 0 Å². The molecule has 0 aliphatic rings. The number of anilines is 2. The molecule has 0 radical (unpaired) electrons. The topological polar surface area (TPSA) is 25.2 Å². The van der Waals surface area contributed by atoms with Crippen molar-refractivity contribution in [1.82, 2.24) is 0 Å². The Kier molecular flexibility index (Phi) is 3.34. The Morgan fingerprint density at radius 3 is 2.21 bits per heavy atom. The first kappa shape index (κ1) is 14.8. The number of benzene rings is 3. The zero-order chi connectivity index (χ0) is 16.7. The second-order valence-corrected chi connectivity index (χ2v) is 7.23. The van der Waals surface area contributed by atoms with E-state index in [0.29, 0.717) is 0 Å². The van der Waals surface area contributed by atoms with Crippen LogP contribution in [0.25, 0.3) is 21.9 Å². The van der Waals surface area contributed by atoms with Crippen LogP contribution in [0.1, 0.15) is 26.3 Å². The van der Waals surface area contributed by atoms with Crippen LogP contribution in [-0.2, 0) is 5.41 Å². The van der Waals surface area contributed by atoms with Gasteiger partial charge in [0, 0.05) is 11.1 Å². The first-order valence-electron chi connectivity index (χ1n) is 8.30. The second kappa shape index (κ2) is 5.41. The third-order valence-corrected chi connectivity index (χ3v) is 4.43. The van der Waals surface area contributed by atoms with Crippen LogP contribution in [-0.4, -0.2) is 0 Å². The van der Waals surface area contributed by atoms with Gasteiger partial charge in [-0.3, -0.25) is 0 Å². The highest BCUT2D eigenvalue weighted by atomic mass is 16.3. The molecule has 0 spiro atoms. The van der Waals surface area contributed by atoms with Gasteiger partial charge in [-0.05, 0) is 41.3 Å². The Morgan fingerprint density at radius 1 is 0.750 bits per heavy atom. The van der Waals surface area contributed by atoms with Crippen molar-refractivity contribution in [3.05, 3.63) is 72.3 Å². The van der Waals surface area contributed by atoms with Gasteiger partial charge in [0.2, 0.25) is 0 Å². The van der Waals surface area contributed by atoms with Crippen LogP contribution >= 0.6 is 0 Å². The van der Waals surface area contributed by atoms with Crippen molar-refractivity contribution in [2.75, 3.05) is 5.32 Å². The fourth-order valence-corrected chi connectivity index (χ4v) is 3.09. The number of furan rings is 1. The van der Waals surface area contributed by atoms with Crippen molar-refractivity contribution >= 4 is 33.3 Å². The van der Waals surface area contributed by atoms with E-state index in [4.69, 9.17) is 4.42 Å². The maximum Gasteiger partial charge on any atom is 0.137 e. The highest BCUT2D eigenvalue weighted by Gasteiger charge is 2.14. The van der Waals surface area contributed by atoms with E-state index >= 15 is 0 Å². The predicted molar refractivity (Wildman–Crippen MR) is 102 cm³/mol. The fourth-order valence-electron chi connectivity index (χ4n) is 3.09. The lowest BCUT2D eigenvalue weighted by Gasteiger charge is -2.19. The van der Waals surface area contributed by atoms with Gasteiger partial charge in [0.25, 0.3) is 0 Å². The highest BCUT2D eigenvalue weighted by Crippen LogP contribution is 2.35. The summed E-state index contributed by atoms with van der Waals surface area (Å²) in [5, 5.41) is 5.82. The van der Waals surface area contributed by atoms with Gasteiger partial charge >= 0.3 is 0 Å². The molecule has 0 bridgehead atoms. The molecule has 2 heteroatoms. The summed E-state index contributed by atoms with van der Waals surface area (Å²) >= 11 is 0. The van der Waals surface area contributed by atoms with Crippen molar-refractivity contribution in [3.8, 4) is 0 Å². The SMILES string of the molecule is CC(C)(C)c1ccc(Nc2cccc3oc4ccccc4c23)cc1. The number of fused-ring (bicyclic) bond motifs is 3. The van der Waals surface area contributed by atoms with Crippen molar-refractivity contribution in [2.45, 2.75) is 26.2 Å². The molecule has 0 saturated heterocycles. The van der Waals surface area contributed by atoms with Crippen molar-refractivity contribution in [1.29, 1.82) is 0 Å². The molecule has 1 heterocycles. The van der Waals surface area contributed by atoms with Gasteiger partial charge in [-0.2, -0.15) is 0 Å². The van der Waals surface area contributed by atoms with E-state index in [2.05, 4.69) is 62.5 Å². The molecule has 4 rings (SSSR count). The molecule has 0 aliphatic carbocycles. The number of hydrogen-bond acceptors (Lipinski definition) is 2. The average Bonchev–Trinajstić information content (AvgIpc) is 2.94. The van der Waals surface area contributed by atoms with Crippen LogP contribution in [0.15, 0.2) is 71.1 Å². The van der Waals surface area contributed by atoms with E-state index in [0.717, 1.165) is 33.3 Å². The predicted octanol–water partition coefficient (Wildman–Crippen LogP) is 6.63. The minimum atomic E-state index is 0.166. The molecule has 0 aliphatic heterocycles. The van der Waals surface area contributed by atoms with E-state index in [1.54, 1.807) is 0 Å². The standard InChI is InChI=1S/C22H21NO/c1-22(2,3)15-11-13-16(14-12-15)23-18-8-6-10-20-21(18)17-7-4-5-9-19(17)24-20/h4-14,23H,1-3H3. The average molecular weight is 315 g/mol. The summed E-state index contributed by atoms with van der Waals surface area (Å²) in [5.74, 6) is 0. The molecule has 0 unspecified atom stereocenters. The summed E-state index contributed by atoms with van der Waals surface area (Å²) in [6, 6.07) is 23.0. The lowest BCUT2D eigenvalue weighted by Crippen LogP contribution is -2.10. The van der Waals surface area contributed by atoms with Gasteiger partial charge in [0.05, 0.1) is 11.1 Å². The van der Waals surface area contributed by atoms with Crippen LogP contribution in [0.5, 0.6) is 0 Å². The zero-order valence-corrected chi connectivity index (χ0v) is 14.3. The Labute approximate surface area is 142 Å². The Balaban J connectivity index is 1.77. The van der Waals surface area contributed by atoms with Crippen LogP contribution < -0.4 is 5.32 Å².